The second kappa shape index (κ2) is 5.42. The number of para-hydroxylation sites is 1. The van der Waals surface area contributed by atoms with Gasteiger partial charge in [0.25, 0.3) is 0 Å². The number of fused-ring (bicyclic) bond motifs is 1. The van der Waals surface area contributed by atoms with Gasteiger partial charge in [-0.2, -0.15) is 5.10 Å². The summed E-state index contributed by atoms with van der Waals surface area (Å²) in [6, 6.07) is 17.1. The van der Waals surface area contributed by atoms with Gasteiger partial charge in [0.1, 0.15) is 30.7 Å². The van der Waals surface area contributed by atoms with E-state index in [9.17, 15) is 0 Å². The lowest BCUT2D eigenvalue weighted by molar-refractivity contribution is 0.483. The van der Waals surface area contributed by atoms with Crippen LogP contribution in [0.15, 0.2) is 60.9 Å². The van der Waals surface area contributed by atoms with E-state index in [1.807, 2.05) is 54.6 Å². The minimum absolute atomic E-state index is 0.137. The molecule has 2 aromatic heterocycles. The SMILES string of the molecule is [2H]c1nc(N)c2c(-c3ccc(Oc4ccccc4)cc3)n[nH]c2n1. The molecular formula is C17H13N5O. The molecule has 0 aliphatic carbocycles. The number of aromatic nitrogens is 4. The highest BCUT2D eigenvalue weighted by molar-refractivity contribution is 5.97. The number of aromatic amines is 1. The van der Waals surface area contributed by atoms with E-state index in [0.29, 0.717) is 16.7 Å². The van der Waals surface area contributed by atoms with Crippen molar-refractivity contribution < 1.29 is 6.11 Å². The molecule has 0 spiro atoms. The quantitative estimate of drug-likeness (QED) is 0.605. The summed E-state index contributed by atoms with van der Waals surface area (Å²) in [5, 5.41) is 7.65. The number of rotatable bonds is 3. The molecule has 0 bridgehead atoms. The third kappa shape index (κ3) is 2.46. The maximum Gasteiger partial charge on any atom is 0.161 e. The number of nitrogens with zero attached hydrogens (tertiary/aromatic N) is 3. The average molecular weight is 304 g/mol. The fourth-order valence-electron chi connectivity index (χ4n) is 2.36. The van der Waals surface area contributed by atoms with Gasteiger partial charge < -0.3 is 10.5 Å². The van der Waals surface area contributed by atoms with Crippen molar-refractivity contribution in [3.05, 3.63) is 60.9 Å². The van der Waals surface area contributed by atoms with E-state index < -0.39 is 0 Å². The summed E-state index contributed by atoms with van der Waals surface area (Å²) >= 11 is 0. The van der Waals surface area contributed by atoms with Gasteiger partial charge in [0.15, 0.2) is 5.65 Å². The fraction of sp³-hybridized carbons (Fsp3) is 0. The molecule has 0 saturated carbocycles. The highest BCUT2D eigenvalue weighted by Crippen LogP contribution is 2.30. The van der Waals surface area contributed by atoms with Crippen LogP contribution in [0.3, 0.4) is 0 Å². The van der Waals surface area contributed by atoms with Crippen LogP contribution in [-0.4, -0.2) is 20.2 Å². The lowest BCUT2D eigenvalue weighted by Crippen LogP contribution is -1.92. The summed E-state index contributed by atoms with van der Waals surface area (Å²) in [6.07, 6.45) is -0.137. The van der Waals surface area contributed by atoms with Gasteiger partial charge in [0, 0.05) is 5.56 Å². The number of H-pyrrole nitrogens is 1. The van der Waals surface area contributed by atoms with Crippen LogP contribution in [0.25, 0.3) is 22.3 Å². The average Bonchev–Trinajstić information content (AvgIpc) is 3.00. The number of nitrogen functional groups attached to an aromatic ring is 1. The molecule has 23 heavy (non-hydrogen) atoms. The van der Waals surface area contributed by atoms with Crippen molar-refractivity contribution in [1.82, 2.24) is 20.2 Å². The minimum atomic E-state index is -0.137. The summed E-state index contributed by atoms with van der Waals surface area (Å²) in [4.78, 5) is 7.87. The molecule has 0 amide bonds. The molecule has 0 fully saturated rings. The Morgan fingerprint density at radius 3 is 2.48 bits per heavy atom. The molecule has 0 aliphatic rings. The van der Waals surface area contributed by atoms with Crippen molar-refractivity contribution in [2.75, 3.05) is 5.73 Å². The van der Waals surface area contributed by atoms with Crippen LogP contribution in [0.2, 0.25) is 0 Å². The van der Waals surface area contributed by atoms with Crippen molar-refractivity contribution in [2.45, 2.75) is 0 Å². The maximum atomic E-state index is 7.50. The number of nitrogens with two attached hydrogens (primary N) is 1. The van der Waals surface area contributed by atoms with Gasteiger partial charge in [-0.15, -0.1) is 0 Å². The molecule has 0 atom stereocenters. The summed E-state index contributed by atoms with van der Waals surface area (Å²) in [7, 11) is 0. The van der Waals surface area contributed by atoms with Crippen LogP contribution >= 0.6 is 0 Å². The molecule has 2 aromatic carbocycles. The van der Waals surface area contributed by atoms with E-state index in [-0.39, 0.29) is 12.1 Å². The van der Waals surface area contributed by atoms with Crippen molar-refractivity contribution in [2.24, 2.45) is 0 Å². The first-order valence-corrected chi connectivity index (χ1v) is 7.02. The van der Waals surface area contributed by atoms with E-state index in [1.54, 1.807) is 0 Å². The van der Waals surface area contributed by atoms with Crippen molar-refractivity contribution >= 4 is 16.9 Å². The smallest absolute Gasteiger partial charge is 0.161 e. The molecule has 6 heteroatoms. The summed E-state index contributed by atoms with van der Waals surface area (Å²) in [5.74, 6) is 1.73. The van der Waals surface area contributed by atoms with E-state index >= 15 is 0 Å². The summed E-state index contributed by atoms with van der Waals surface area (Å²) < 4.78 is 13.3. The number of nitrogens with one attached hydrogen (secondary N) is 1. The standard InChI is InChI=1S/C17H13N5O/c18-16-14-15(21-22-17(14)20-10-19-16)11-6-8-13(9-7-11)23-12-4-2-1-3-5-12/h1-10H,(H3,18,19,20,21,22)/i10D. The predicted octanol–water partition coefficient (Wildman–Crippen LogP) is 3.39. The number of hydrogen-bond donors (Lipinski definition) is 2. The van der Waals surface area contributed by atoms with E-state index in [1.165, 1.54) is 0 Å². The van der Waals surface area contributed by atoms with Crippen LogP contribution < -0.4 is 10.5 Å². The zero-order chi connectivity index (χ0) is 16.5. The zero-order valence-corrected chi connectivity index (χ0v) is 12.0. The Labute approximate surface area is 133 Å². The highest BCUT2D eigenvalue weighted by Gasteiger charge is 2.12. The largest absolute Gasteiger partial charge is 0.457 e. The fourth-order valence-corrected chi connectivity index (χ4v) is 2.36. The van der Waals surface area contributed by atoms with Crippen molar-refractivity contribution in [3.8, 4) is 22.8 Å². The Hall–Kier alpha value is -3.41. The van der Waals surface area contributed by atoms with E-state index in [2.05, 4.69) is 20.2 Å². The lowest BCUT2D eigenvalue weighted by Gasteiger charge is -2.06. The van der Waals surface area contributed by atoms with E-state index in [0.717, 1.165) is 17.1 Å². The second-order valence-electron chi connectivity index (χ2n) is 4.94. The van der Waals surface area contributed by atoms with Gasteiger partial charge in [0.05, 0.1) is 5.39 Å². The Morgan fingerprint density at radius 1 is 0.957 bits per heavy atom. The number of ether oxygens (including phenoxy) is 1. The number of hydrogen-bond acceptors (Lipinski definition) is 5. The van der Waals surface area contributed by atoms with Gasteiger partial charge in [-0.25, -0.2) is 9.97 Å². The van der Waals surface area contributed by atoms with Crippen LogP contribution in [0.5, 0.6) is 11.5 Å². The highest BCUT2D eigenvalue weighted by atomic mass is 16.5. The van der Waals surface area contributed by atoms with Gasteiger partial charge >= 0.3 is 0 Å². The van der Waals surface area contributed by atoms with Gasteiger partial charge in [-0.1, -0.05) is 18.2 Å². The molecular weight excluding hydrogens is 290 g/mol. The predicted molar refractivity (Wildman–Crippen MR) is 88.0 cm³/mol. The van der Waals surface area contributed by atoms with Crippen LogP contribution in [0, 0.1) is 0 Å². The first kappa shape index (κ1) is 12.2. The topological polar surface area (TPSA) is 89.7 Å². The first-order valence-electron chi connectivity index (χ1n) is 7.52. The van der Waals surface area contributed by atoms with Crippen LogP contribution in [0.1, 0.15) is 1.37 Å². The van der Waals surface area contributed by atoms with Gasteiger partial charge in [-0.05, 0) is 36.4 Å². The third-order valence-electron chi connectivity index (χ3n) is 3.44. The molecule has 112 valence electrons. The Bertz CT molecular complexity index is 999. The summed E-state index contributed by atoms with van der Waals surface area (Å²) in [5.41, 5.74) is 7.87. The molecule has 0 radical (unpaired) electrons. The number of benzene rings is 2. The Kier molecular flexibility index (Phi) is 2.86. The molecule has 4 aromatic rings. The molecule has 0 aliphatic heterocycles. The molecule has 6 nitrogen and oxygen atoms in total. The maximum absolute atomic E-state index is 7.50. The molecule has 0 unspecified atom stereocenters. The first-order chi connectivity index (χ1) is 11.7. The minimum Gasteiger partial charge on any atom is -0.457 e. The van der Waals surface area contributed by atoms with Gasteiger partial charge in [-0.3, -0.25) is 5.10 Å². The second-order valence-corrected chi connectivity index (χ2v) is 4.94. The number of anilines is 1. The Balaban J connectivity index is 1.68. The van der Waals surface area contributed by atoms with Crippen molar-refractivity contribution in [1.29, 1.82) is 0 Å². The van der Waals surface area contributed by atoms with Crippen LogP contribution in [-0.2, 0) is 0 Å². The summed E-state index contributed by atoms with van der Waals surface area (Å²) in [6.45, 7) is 0. The third-order valence-corrected chi connectivity index (χ3v) is 3.44. The lowest BCUT2D eigenvalue weighted by atomic mass is 10.1. The van der Waals surface area contributed by atoms with E-state index in [4.69, 9.17) is 11.8 Å². The molecule has 2 heterocycles. The zero-order valence-electron chi connectivity index (χ0n) is 13.0. The molecule has 3 N–H and O–H groups in total. The normalized spacial score (nSPS) is 11.4. The monoisotopic (exact) mass is 304 g/mol. The van der Waals surface area contributed by atoms with Crippen molar-refractivity contribution in [3.63, 3.8) is 0 Å². The molecule has 0 saturated heterocycles. The molecule has 4 rings (SSSR count). The Morgan fingerprint density at radius 2 is 1.70 bits per heavy atom. The van der Waals surface area contributed by atoms with Crippen LogP contribution in [0.4, 0.5) is 5.82 Å². The van der Waals surface area contributed by atoms with Gasteiger partial charge in [0.2, 0.25) is 0 Å².